The van der Waals surface area contributed by atoms with Crippen LogP contribution in [0, 0.1) is 11.3 Å². The maximum absolute atomic E-state index is 2.49. The lowest BCUT2D eigenvalue weighted by atomic mass is 9.87. The third-order valence-corrected chi connectivity index (χ3v) is 3.59. The van der Waals surface area contributed by atoms with Crippen molar-refractivity contribution in [2.45, 2.75) is 60.4 Å². The van der Waals surface area contributed by atoms with E-state index in [0.29, 0.717) is 16.9 Å². The number of rotatable bonds is 4. The summed E-state index contributed by atoms with van der Waals surface area (Å²) in [7, 11) is 2.24. The molecule has 0 heterocycles. The maximum Gasteiger partial charge on any atom is 0.0173 e. The van der Waals surface area contributed by atoms with E-state index in [2.05, 4.69) is 60.4 Å². The van der Waals surface area contributed by atoms with Gasteiger partial charge in [-0.2, -0.15) is 0 Å². The largest absolute Gasteiger partial charge is 0.301 e. The predicted octanol–water partition coefficient (Wildman–Crippen LogP) is 3.79. The third kappa shape index (κ3) is 4.45. The Labute approximate surface area is 90.9 Å². The normalized spacial score (nSPS) is 14.1. The van der Waals surface area contributed by atoms with Crippen LogP contribution in [0.5, 0.6) is 0 Å². The second-order valence-electron chi connectivity index (χ2n) is 6.54. The van der Waals surface area contributed by atoms with Crippen LogP contribution in [0.2, 0.25) is 0 Å². The molecule has 14 heavy (non-hydrogen) atoms. The Morgan fingerprint density at radius 2 is 1.43 bits per heavy atom. The SMILES string of the molecule is CC(C)C(C)(C)N(C)CCC(C)(C)C. The van der Waals surface area contributed by atoms with Crippen molar-refractivity contribution in [3.05, 3.63) is 0 Å². The topological polar surface area (TPSA) is 3.24 Å². The molecule has 0 amide bonds. The van der Waals surface area contributed by atoms with Crippen LogP contribution in [0.15, 0.2) is 0 Å². The predicted molar refractivity (Wildman–Crippen MR) is 65.6 cm³/mol. The molecular weight excluding hydrogens is 170 g/mol. The molecule has 0 aliphatic heterocycles. The van der Waals surface area contributed by atoms with E-state index in [1.54, 1.807) is 0 Å². The Balaban J connectivity index is 4.15. The van der Waals surface area contributed by atoms with Crippen LogP contribution in [0.4, 0.5) is 0 Å². The summed E-state index contributed by atoms with van der Waals surface area (Å²) in [5.41, 5.74) is 0.757. The highest BCUT2D eigenvalue weighted by molar-refractivity contribution is 4.83. The zero-order chi connectivity index (χ0) is 11.6. The molecule has 0 aromatic rings. The minimum atomic E-state index is 0.311. The molecule has 1 heteroatoms. The molecule has 0 bridgehead atoms. The fourth-order valence-electron chi connectivity index (χ4n) is 1.23. The quantitative estimate of drug-likeness (QED) is 0.666. The van der Waals surface area contributed by atoms with E-state index in [4.69, 9.17) is 0 Å². The van der Waals surface area contributed by atoms with E-state index in [1.807, 2.05) is 0 Å². The summed E-state index contributed by atoms with van der Waals surface area (Å²) in [5, 5.41) is 0. The standard InChI is InChI=1S/C13H29N/c1-11(2)13(6,7)14(8)10-9-12(3,4)5/h11H,9-10H2,1-8H3. The molecule has 0 fully saturated rings. The van der Waals surface area contributed by atoms with Crippen LogP contribution in [-0.4, -0.2) is 24.0 Å². The highest BCUT2D eigenvalue weighted by Gasteiger charge is 2.27. The lowest BCUT2D eigenvalue weighted by Crippen LogP contribution is -2.46. The smallest absolute Gasteiger partial charge is 0.0173 e. The van der Waals surface area contributed by atoms with Gasteiger partial charge in [0.05, 0.1) is 0 Å². The molecule has 1 nitrogen and oxygen atoms in total. The van der Waals surface area contributed by atoms with E-state index in [1.165, 1.54) is 13.0 Å². The van der Waals surface area contributed by atoms with Crippen molar-refractivity contribution < 1.29 is 0 Å². The van der Waals surface area contributed by atoms with Gasteiger partial charge in [-0.05, 0) is 45.2 Å². The highest BCUT2D eigenvalue weighted by atomic mass is 15.2. The Bertz CT molecular complexity index is 163. The molecule has 0 aromatic carbocycles. The lowest BCUT2D eigenvalue weighted by molar-refractivity contribution is 0.0929. The van der Waals surface area contributed by atoms with E-state index in [-0.39, 0.29) is 0 Å². The van der Waals surface area contributed by atoms with Gasteiger partial charge in [0.25, 0.3) is 0 Å². The van der Waals surface area contributed by atoms with Crippen molar-refractivity contribution in [2.75, 3.05) is 13.6 Å². The first kappa shape index (κ1) is 14.0. The van der Waals surface area contributed by atoms with Gasteiger partial charge in [-0.3, -0.25) is 0 Å². The minimum absolute atomic E-state index is 0.311. The van der Waals surface area contributed by atoms with Crippen LogP contribution in [-0.2, 0) is 0 Å². The molecular formula is C13H29N. The van der Waals surface area contributed by atoms with E-state index >= 15 is 0 Å². The van der Waals surface area contributed by atoms with Crippen molar-refractivity contribution in [2.24, 2.45) is 11.3 Å². The minimum Gasteiger partial charge on any atom is -0.301 e. The lowest BCUT2D eigenvalue weighted by Gasteiger charge is -2.40. The van der Waals surface area contributed by atoms with Gasteiger partial charge in [-0.25, -0.2) is 0 Å². The second-order valence-corrected chi connectivity index (χ2v) is 6.54. The second kappa shape index (κ2) is 4.65. The zero-order valence-electron chi connectivity index (χ0n) is 11.4. The first-order valence-corrected chi connectivity index (χ1v) is 5.78. The van der Waals surface area contributed by atoms with Gasteiger partial charge in [0.2, 0.25) is 0 Å². The van der Waals surface area contributed by atoms with Crippen LogP contribution in [0.25, 0.3) is 0 Å². The summed E-state index contributed by atoms with van der Waals surface area (Å²) >= 11 is 0. The summed E-state index contributed by atoms with van der Waals surface area (Å²) in [6.07, 6.45) is 1.26. The molecule has 0 aliphatic carbocycles. The maximum atomic E-state index is 2.49. The summed E-state index contributed by atoms with van der Waals surface area (Å²) in [6.45, 7) is 17.4. The Hall–Kier alpha value is -0.0400. The highest BCUT2D eigenvalue weighted by Crippen LogP contribution is 2.25. The summed E-state index contributed by atoms with van der Waals surface area (Å²) in [6, 6.07) is 0. The molecule has 0 radical (unpaired) electrons. The molecule has 0 aliphatic rings. The molecule has 0 unspecified atom stereocenters. The molecule has 0 rings (SSSR count). The Morgan fingerprint density at radius 3 is 1.71 bits per heavy atom. The molecule has 0 aromatic heterocycles. The van der Waals surface area contributed by atoms with E-state index < -0.39 is 0 Å². The molecule has 0 atom stereocenters. The van der Waals surface area contributed by atoms with Crippen molar-refractivity contribution >= 4 is 0 Å². The van der Waals surface area contributed by atoms with Crippen LogP contribution < -0.4 is 0 Å². The summed E-state index contributed by atoms with van der Waals surface area (Å²) in [5.74, 6) is 0.701. The average Bonchev–Trinajstić information content (AvgIpc) is 1.98. The van der Waals surface area contributed by atoms with Gasteiger partial charge in [0.15, 0.2) is 0 Å². The van der Waals surface area contributed by atoms with Gasteiger partial charge in [0, 0.05) is 5.54 Å². The molecule has 0 saturated carbocycles. The Morgan fingerprint density at radius 1 is 1.00 bits per heavy atom. The third-order valence-electron chi connectivity index (χ3n) is 3.59. The van der Waals surface area contributed by atoms with Gasteiger partial charge in [-0.15, -0.1) is 0 Å². The molecule has 0 N–H and O–H groups in total. The van der Waals surface area contributed by atoms with Gasteiger partial charge < -0.3 is 4.90 Å². The monoisotopic (exact) mass is 199 g/mol. The number of hydrogen-bond acceptors (Lipinski definition) is 1. The number of hydrogen-bond donors (Lipinski definition) is 0. The van der Waals surface area contributed by atoms with Crippen LogP contribution >= 0.6 is 0 Å². The van der Waals surface area contributed by atoms with Crippen molar-refractivity contribution in [3.8, 4) is 0 Å². The summed E-state index contributed by atoms with van der Waals surface area (Å²) in [4.78, 5) is 2.49. The van der Waals surface area contributed by atoms with E-state index in [9.17, 15) is 0 Å². The van der Waals surface area contributed by atoms with Gasteiger partial charge in [-0.1, -0.05) is 34.6 Å². The van der Waals surface area contributed by atoms with E-state index in [0.717, 1.165) is 0 Å². The first-order valence-electron chi connectivity index (χ1n) is 5.78. The van der Waals surface area contributed by atoms with Gasteiger partial charge in [0.1, 0.15) is 0 Å². The van der Waals surface area contributed by atoms with Gasteiger partial charge >= 0.3 is 0 Å². The average molecular weight is 199 g/mol. The van der Waals surface area contributed by atoms with Crippen LogP contribution in [0.1, 0.15) is 54.9 Å². The first-order chi connectivity index (χ1) is 6.07. The molecule has 0 saturated heterocycles. The fourth-order valence-corrected chi connectivity index (χ4v) is 1.23. The Kier molecular flexibility index (Phi) is 4.64. The van der Waals surface area contributed by atoms with Crippen molar-refractivity contribution in [3.63, 3.8) is 0 Å². The zero-order valence-corrected chi connectivity index (χ0v) is 11.4. The van der Waals surface area contributed by atoms with Crippen molar-refractivity contribution in [1.82, 2.24) is 4.90 Å². The molecule has 0 spiro atoms. The summed E-state index contributed by atoms with van der Waals surface area (Å²) < 4.78 is 0. The molecule has 86 valence electrons. The van der Waals surface area contributed by atoms with Crippen LogP contribution in [0.3, 0.4) is 0 Å². The van der Waals surface area contributed by atoms with Crippen molar-refractivity contribution in [1.29, 1.82) is 0 Å². The number of nitrogens with zero attached hydrogens (tertiary/aromatic N) is 1. The fraction of sp³-hybridized carbons (Fsp3) is 1.00.